The van der Waals surface area contributed by atoms with E-state index >= 15 is 0 Å². The van der Waals surface area contributed by atoms with E-state index in [1.807, 2.05) is 37.3 Å². The Morgan fingerprint density at radius 3 is 2.33 bits per heavy atom. The summed E-state index contributed by atoms with van der Waals surface area (Å²) in [6.07, 6.45) is -0.374. The van der Waals surface area contributed by atoms with Gasteiger partial charge in [-0.1, -0.05) is 44.2 Å². The maximum atomic E-state index is 13.4. The van der Waals surface area contributed by atoms with E-state index in [0.717, 1.165) is 16.9 Å². The molecule has 0 fully saturated rings. The van der Waals surface area contributed by atoms with Crippen LogP contribution >= 0.6 is 0 Å². The highest BCUT2D eigenvalue weighted by Gasteiger charge is 2.20. The van der Waals surface area contributed by atoms with Crippen LogP contribution in [0.1, 0.15) is 43.9 Å². The molecule has 0 spiro atoms. The van der Waals surface area contributed by atoms with E-state index in [4.69, 9.17) is 10.5 Å². The first-order valence-electron chi connectivity index (χ1n) is 7.25. The van der Waals surface area contributed by atoms with E-state index < -0.39 is 0 Å². The van der Waals surface area contributed by atoms with Gasteiger partial charge >= 0.3 is 0 Å². The monoisotopic (exact) mass is 287 g/mol. The Morgan fingerprint density at radius 1 is 1.00 bits per heavy atom. The highest BCUT2D eigenvalue weighted by atomic mass is 19.1. The van der Waals surface area contributed by atoms with Crippen LogP contribution in [-0.4, -0.2) is 6.04 Å². The predicted octanol–water partition coefficient (Wildman–Crippen LogP) is 4.42. The Morgan fingerprint density at radius 2 is 1.71 bits per heavy atom. The van der Waals surface area contributed by atoms with Crippen molar-refractivity contribution in [1.82, 2.24) is 0 Å². The zero-order chi connectivity index (χ0) is 15.4. The van der Waals surface area contributed by atoms with Crippen LogP contribution in [0.5, 0.6) is 5.75 Å². The Balaban J connectivity index is 2.34. The number of ether oxygens (including phenoxy) is 1. The van der Waals surface area contributed by atoms with Crippen molar-refractivity contribution >= 4 is 0 Å². The molecule has 112 valence electrons. The molecule has 0 saturated carbocycles. The van der Waals surface area contributed by atoms with Gasteiger partial charge in [-0.25, -0.2) is 4.39 Å². The van der Waals surface area contributed by atoms with Gasteiger partial charge in [0.1, 0.15) is 17.7 Å². The Hall–Kier alpha value is -1.87. The topological polar surface area (TPSA) is 35.2 Å². The fourth-order valence-corrected chi connectivity index (χ4v) is 2.36. The van der Waals surface area contributed by atoms with E-state index in [1.165, 1.54) is 12.1 Å². The van der Waals surface area contributed by atoms with Crippen LogP contribution in [0.15, 0.2) is 48.5 Å². The third-order valence-electron chi connectivity index (χ3n) is 3.45. The molecule has 0 amide bonds. The van der Waals surface area contributed by atoms with E-state index in [-0.39, 0.29) is 18.0 Å². The minimum Gasteiger partial charge on any atom is -0.484 e. The number of halogens is 1. The average molecular weight is 287 g/mol. The van der Waals surface area contributed by atoms with Gasteiger partial charge in [0.2, 0.25) is 0 Å². The maximum absolute atomic E-state index is 13.4. The minimum absolute atomic E-state index is 0.244. The van der Waals surface area contributed by atoms with Gasteiger partial charge in [-0.2, -0.15) is 0 Å². The summed E-state index contributed by atoms with van der Waals surface area (Å²) in [7, 11) is 0. The molecule has 2 N–H and O–H groups in total. The van der Waals surface area contributed by atoms with Crippen LogP contribution in [0, 0.1) is 5.82 Å². The number of hydrogen-bond donors (Lipinski definition) is 1. The molecule has 0 aromatic heterocycles. The van der Waals surface area contributed by atoms with Gasteiger partial charge in [0.05, 0.1) is 0 Å². The highest BCUT2D eigenvalue weighted by Crippen LogP contribution is 2.31. The van der Waals surface area contributed by atoms with Gasteiger partial charge in [-0.15, -0.1) is 0 Å². The lowest BCUT2D eigenvalue weighted by Gasteiger charge is -2.25. The lowest BCUT2D eigenvalue weighted by atomic mass is 10.0. The van der Waals surface area contributed by atoms with Crippen LogP contribution in [0.3, 0.4) is 0 Å². The Bertz CT molecular complexity index is 595. The second kappa shape index (κ2) is 6.72. The molecule has 2 nitrogen and oxygen atoms in total. The lowest BCUT2D eigenvalue weighted by Crippen LogP contribution is -2.29. The average Bonchev–Trinajstić information content (AvgIpc) is 2.44. The van der Waals surface area contributed by atoms with Crippen LogP contribution < -0.4 is 10.5 Å². The van der Waals surface area contributed by atoms with Gasteiger partial charge < -0.3 is 10.5 Å². The molecule has 21 heavy (non-hydrogen) atoms. The number of benzene rings is 2. The minimum atomic E-state index is -0.374. The molecule has 2 unspecified atom stereocenters. The molecule has 2 atom stereocenters. The number of hydrogen-bond acceptors (Lipinski definition) is 2. The smallest absolute Gasteiger partial charge is 0.139 e. The fourth-order valence-electron chi connectivity index (χ4n) is 2.36. The van der Waals surface area contributed by atoms with Gasteiger partial charge in [-0.05, 0) is 42.2 Å². The van der Waals surface area contributed by atoms with E-state index in [2.05, 4.69) is 13.8 Å². The van der Waals surface area contributed by atoms with E-state index in [1.54, 1.807) is 6.07 Å². The number of para-hydroxylation sites is 1. The molecular formula is C18H22FNO. The SMILES string of the molecule is CC(C)c1ccccc1OC(c1cccc(F)c1)C(C)N. The van der Waals surface area contributed by atoms with Crippen LogP contribution in [0.25, 0.3) is 0 Å². The first-order valence-corrected chi connectivity index (χ1v) is 7.25. The van der Waals surface area contributed by atoms with Crippen molar-refractivity contribution in [3.63, 3.8) is 0 Å². The zero-order valence-corrected chi connectivity index (χ0v) is 12.7. The van der Waals surface area contributed by atoms with Crippen molar-refractivity contribution in [1.29, 1.82) is 0 Å². The fraction of sp³-hybridized carbons (Fsp3) is 0.333. The summed E-state index contributed by atoms with van der Waals surface area (Å²) in [6, 6.07) is 14.1. The summed E-state index contributed by atoms with van der Waals surface area (Å²) in [4.78, 5) is 0. The predicted molar refractivity (Wildman–Crippen MR) is 83.9 cm³/mol. The van der Waals surface area contributed by atoms with Gasteiger partial charge in [-0.3, -0.25) is 0 Å². The third kappa shape index (κ3) is 3.82. The number of nitrogens with two attached hydrogens (primary N) is 1. The quantitative estimate of drug-likeness (QED) is 0.883. The van der Waals surface area contributed by atoms with Crippen molar-refractivity contribution in [2.45, 2.75) is 38.8 Å². The standard InChI is InChI=1S/C18H22FNO/c1-12(2)16-9-4-5-10-17(16)21-18(13(3)20)14-7-6-8-15(19)11-14/h4-13,18H,20H2,1-3H3. The van der Waals surface area contributed by atoms with Crippen LogP contribution in [-0.2, 0) is 0 Å². The van der Waals surface area contributed by atoms with E-state index in [0.29, 0.717) is 5.92 Å². The number of rotatable bonds is 5. The molecule has 3 heteroatoms. The maximum Gasteiger partial charge on any atom is 0.139 e. The molecule has 2 aromatic rings. The summed E-state index contributed by atoms with van der Waals surface area (Å²) in [5.41, 5.74) is 7.92. The van der Waals surface area contributed by atoms with E-state index in [9.17, 15) is 4.39 Å². The van der Waals surface area contributed by atoms with Crippen molar-refractivity contribution in [2.24, 2.45) is 5.73 Å². The zero-order valence-electron chi connectivity index (χ0n) is 12.7. The first kappa shape index (κ1) is 15.5. The van der Waals surface area contributed by atoms with Crippen molar-refractivity contribution in [3.05, 3.63) is 65.5 Å². The molecule has 0 aliphatic heterocycles. The molecule has 0 heterocycles. The molecule has 0 radical (unpaired) electrons. The molecule has 0 aliphatic carbocycles. The summed E-state index contributed by atoms with van der Waals surface area (Å²) < 4.78 is 19.6. The molecule has 0 bridgehead atoms. The molecular weight excluding hydrogens is 265 g/mol. The summed E-state index contributed by atoms with van der Waals surface area (Å²) in [5.74, 6) is 0.875. The van der Waals surface area contributed by atoms with Crippen molar-refractivity contribution in [3.8, 4) is 5.75 Å². The molecule has 0 saturated heterocycles. The van der Waals surface area contributed by atoms with Gasteiger partial charge in [0.25, 0.3) is 0 Å². The van der Waals surface area contributed by atoms with Crippen LogP contribution in [0.2, 0.25) is 0 Å². The molecule has 0 aliphatic rings. The Kier molecular flexibility index (Phi) is 4.97. The second-order valence-electron chi connectivity index (χ2n) is 5.65. The molecule has 2 rings (SSSR count). The summed E-state index contributed by atoms with van der Waals surface area (Å²) in [5, 5.41) is 0. The van der Waals surface area contributed by atoms with Crippen molar-refractivity contribution in [2.75, 3.05) is 0 Å². The normalized spacial score (nSPS) is 14.0. The summed E-state index contributed by atoms with van der Waals surface area (Å²) >= 11 is 0. The first-order chi connectivity index (χ1) is 9.99. The third-order valence-corrected chi connectivity index (χ3v) is 3.45. The summed E-state index contributed by atoms with van der Waals surface area (Å²) in [6.45, 7) is 6.10. The van der Waals surface area contributed by atoms with Gasteiger partial charge in [0.15, 0.2) is 0 Å². The Labute approximate surface area is 125 Å². The van der Waals surface area contributed by atoms with Crippen molar-refractivity contribution < 1.29 is 9.13 Å². The van der Waals surface area contributed by atoms with Gasteiger partial charge in [0, 0.05) is 6.04 Å². The molecule has 2 aromatic carbocycles. The highest BCUT2D eigenvalue weighted by molar-refractivity contribution is 5.36. The second-order valence-corrected chi connectivity index (χ2v) is 5.65. The lowest BCUT2D eigenvalue weighted by molar-refractivity contribution is 0.177. The largest absolute Gasteiger partial charge is 0.484 e. The van der Waals surface area contributed by atoms with Crippen LogP contribution in [0.4, 0.5) is 4.39 Å².